The highest BCUT2D eigenvalue weighted by molar-refractivity contribution is 5.93. The van der Waals surface area contributed by atoms with E-state index in [1.54, 1.807) is 4.68 Å². The summed E-state index contributed by atoms with van der Waals surface area (Å²) in [5.41, 5.74) is 2.98. The van der Waals surface area contributed by atoms with E-state index < -0.39 is 0 Å². The highest BCUT2D eigenvalue weighted by Gasteiger charge is 2.32. The average molecular weight is 297 g/mol. The Labute approximate surface area is 131 Å². The third-order valence-corrected chi connectivity index (χ3v) is 4.47. The minimum absolute atomic E-state index is 0.0154. The lowest BCUT2D eigenvalue weighted by atomic mass is 9.76. The van der Waals surface area contributed by atoms with Crippen molar-refractivity contribution in [1.82, 2.24) is 15.1 Å². The predicted molar refractivity (Wildman–Crippen MR) is 87.0 cm³/mol. The van der Waals surface area contributed by atoms with Crippen LogP contribution in [-0.2, 0) is 7.05 Å². The summed E-state index contributed by atoms with van der Waals surface area (Å²) < 4.78 is 1.68. The van der Waals surface area contributed by atoms with Gasteiger partial charge in [-0.2, -0.15) is 5.10 Å². The van der Waals surface area contributed by atoms with Gasteiger partial charge in [-0.25, -0.2) is 0 Å². The number of nitrogens with zero attached hydrogens (tertiary/aromatic N) is 2. The molecular weight excluding hydrogens is 274 g/mol. The van der Waals surface area contributed by atoms with Gasteiger partial charge < -0.3 is 5.32 Å². The first-order valence-corrected chi connectivity index (χ1v) is 7.94. The van der Waals surface area contributed by atoms with Crippen LogP contribution in [0.15, 0.2) is 36.4 Å². The fourth-order valence-electron chi connectivity index (χ4n) is 2.98. The molecule has 1 aromatic heterocycles. The number of nitrogens with one attached hydrogen (secondary N) is 1. The topological polar surface area (TPSA) is 46.9 Å². The van der Waals surface area contributed by atoms with Gasteiger partial charge in [0.15, 0.2) is 0 Å². The van der Waals surface area contributed by atoms with E-state index in [9.17, 15) is 4.79 Å². The van der Waals surface area contributed by atoms with Crippen LogP contribution in [0.4, 0.5) is 0 Å². The molecule has 116 valence electrons. The van der Waals surface area contributed by atoms with Crippen molar-refractivity contribution in [2.75, 3.05) is 0 Å². The van der Waals surface area contributed by atoms with Gasteiger partial charge in [-0.3, -0.25) is 9.48 Å². The molecule has 1 aliphatic rings. The first kappa shape index (κ1) is 14.8. The van der Waals surface area contributed by atoms with Crippen LogP contribution in [0.1, 0.15) is 60.3 Å². The standard InChI is InChI=1S/C18H23N3O/c1-12(2)16-11-17(21(3)20-16)18(22)19-15-9-14(10-15)13-7-5-4-6-8-13/h4-8,11-12,14-15H,9-10H2,1-3H3,(H,19,22). The molecule has 0 atom stereocenters. The van der Waals surface area contributed by atoms with Crippen LogP contribution in [0.2, 0.25) is 0 Å². The Kier molecular flexibility index (Phi) is 4.01. The molecule has 0 aliphatic heterocycles. The Balaban J connectivity index is 1.58. The number of hydrogen-bond donors (Lipinski definition) is 1. The fourth-order valence-corrected chi connectivity index (χ4v) is 2.98. The van der Waals surface area contributed by atoms with Crippen LogP contribution < -0.4 is 5.32 Å². The smallest absolute Gasteiger partial charge is 0.269 e. The number of carbonyl (C=O) groups excluding carboxylic acids is 1. The molecule has 0 saturated heterocycles. The molecule has 1 heterocycles. The molecule has 0 bridgehead atoms. The molecule has 1 fully saturated rings. The molecule has 1 aromatic carbocycles. The van der Waals surface area contributed by atoms with Crippen LogP contribution in [0.25, 0.3) is 0 Å². The molecule has 4 nitrogen and oxygen atoms in total. The van der Waals surface area contributed by atoms with Gasteiger partial charge in [-0.1, -0.05) is 44.2 Å². The summed E-state index contributed by atoms with van der Waals surface area (Å²) in [6.45, 7) is 4.17. The highest BCUT2D eigenvalue weighted by atomic mass is 16.2. The van der Waals surface area contributed by atoms with Crippen molar-refractivity contribution in [2.24, 2.45) is 7.05 Å². The maximum absolute atomic E-state index is 12.4. The molecule has 0 spiro atoms. The molecule has 1 N–H and O–H groups in total. The minimum Gasteiger partial charge on any atom is -0.348 e. The molecule has 0 unspecified atom stereocenters. The number of benzene rings is 1. The molecule has 3 rings (SSSR count). The minimum atomic E-state index is -0.0154. The van der Waals surface area contributed by atoms with Crippen molar-refractivity contribution in [2.45, 2.75) is 44.6 Å². The van der Waals surface area contributed by atoms with Crippen molar-refractivity contribution >= 4 is 5.91 Å². The average Bonchev–Trinajstić information content (AvgIpc) is 2.85. The van der Waals surface area contributed by atoms with Gasteiger partial charge in [0.2, 0.25) is 0 Å². The maximum Gasteiger partial charge on any atom is 0.269 e. The van der Waals surface area contributed by atoms with Crippen molar-refractivity contribution in [3.63, 3.8) is 0 Å². The second kappa shape index (κ2) is 5.95. The van der Waals surface area contributed by atoms with Gasteiger partial charge in [0.1, 0.15) is 5.69 Å². The highest BCUT2D eigenvalue weighted by Crippen LogP contribution is 2.36. The summed E-state index contributed by atoms with van der Waals surface area (Å²) >= 11 is 0. The Hall–Kier alpha value is -2.10. The predicted octanol–water partition coefficient (Wildman–Crippen LogP) is 3.22. The fraction of sp³-hybridized carbons (Fsp3) is 0.444. The number of aromatic nitrogens is 2. The van der Waals surface area contributed by atoms with Gasteiger partial charge in [-0.05, 0) is 36.3 Å². The number of carbonyl (C=O) groups is 1. The molecule has 1 amide bonds. The van der Waals surface area contributed by atoms with Gasteiger partial charge >= 0.3 is 0 Å². The van der Waals surface area contributed by atoms with E-state index in [4.69, 9.17) is 0 Å². The van der Waals surface area contributed by atoms with Gasteiger partial charge in [0, 0.05) is 13.1 Å². The number of aryl methyl sites for hydroxylation is 1. The maximum atomic E-state index is 12.4. The Morgan fingerprint density at radius 1 is 1.27 bits per heavy atom. The van der Waals surface area contributed by atoms with Crippen molar-refractivity contribution in [1.29, 1.82) is 0 Å². The number of amides is 1. The van der Waals surface area contributed by atoms with Gasteiger partial charge in [-0.15, -0.1) is 0 Å². The zero-order valence-corrected chi connectivity index (χ0v) is 13.4. The lowest BCUT2D eigenvalue weighted by Crippen LogP contribution is -2.43. The molecule has 1 aliphatic carbocycles. The molecule has 1 saturated carbocycles. The summed E-state index contributed by atoms with van der Waals surface area (Å²) in [4.78, 5) is 12.4. The van der Waals surface area contributed by atoms with E-state index in [0.717, 1.165) is 18.5 Å². The zero-order chi connectivity index (χ0) is 15.7. The first-order valence-electron chi connectivity index (χ1n) is 7.94. The van der Waals surface area contributed by atoms with E-state index in [-0.39, 0.29) is 11.9 Å². The quantitative estimate of drug-likeness (QED) is 0.942. The third kappa shape index (κ3) is 2.91. The van der Waals surface area contributed by atoms with E-state index in [0.29, 0.717) is 17.5 Å². The SMILES string of the molecule is CC(C)c1cc(C(=O)NC2CC(c3ccccc3)C2)n(C)n1. The monoisotopic (exact) mass is 297 g/mol. The summed E-state index contributed by atoms with van der Waals surface area (Å²) in [6, 6.07) is 12.7. The lowest BCUT2D eigenvalue weighted by Gasteiger charge is -2.36. The lowest BCUT2D eigenvalue weighted by molar-refractivity contribution is 0.0899. The number of rotatable bonds is 4. The van der Waals surface area contributed by atoms with Crippen LogP contribution >= 0.6 is 0 Å². The van der Waals surface area contributed by atoms with E-state index in [2.05, 4.69) is 48.5 Å². The molecule has 0 radical (unpaired) electrons. The molecule has 4 heteroatoms. The molecule has 2 aromatic rings. The van der Waals surface area contributed by atoms with Gasteiger partial charge in [0.25, 0.3) is 5.91 Å². The van der Waals surface area contributed by atoms with Crippen LogP contribution in [0.5, 0.6) is 0 Å². The van der Waals surface area contributed by atoms with E-state index in [1.165, 1.54) is 5.56 Å². The Bertz CT molecular complexity index is 654. The Morgan fingerprint density at radius 2 is 1.95 bits per heavy atom. The summed E-state index contributed by atoms with van der Waals surface area (Å²) in [7, 11) is 1.83. The Morgan fingerprint density at radius 3 is 2.55 bits per heavy atom. The van der Waals surface area contributed by atoms with E-state index in [1.807, 2.05) is 19.2 Å². The normalized spacial score (nSPS) is 20.7. The summed E-state index contributed by atoms with van der Waals surface area (Å²) in [5, 5.41) is 7.53. The van der Waals surface area contributed by atoms with Crippen LogP contribution in [0, 0.1) is 0 Å². The summed E-state index contributed by atoms with van der Waals surface area (Å²) in [5.74, 6) is 0.890. The van der Waals surface area contributed by atoms with E-state index >= 15 is 0 Å². The number of hydrogen-bond acceptors (Lipinski definition) is 2. The second-order valence-corrected chi connectivity index (χ2v) is 6.48. The van der Waals surface area contributed by atoms with Crippen LogP contribution in [-0.4, -0.2) is 21.7 Å². The first-order chi connectivity index (χ1) is 10.5. The van der Waals surface area contributed by atoms with Crippen LogP contribution in [0.3, 0.4) is 0 Å². The van der Waals surface area contributed by atoms with Gasteiger partial charge in [0.05, 0.1) is 5.69 Å². The van der Waals surface area contributed by atoms with Crippen molar-refractivity contribution < 1.29 is 4.79 Å². The third-order valence-electron chi connectivity index (χ3n) is 4.47. The largest absolute Gasteiger partial charge is 0.348 e. The van der Waals surface area contributed by atoms with Crippen molar-refractivity contribution in [3.8, 4) is 0 Å². The van der Waals surface area contributed by atoms with Crippen molar-refractivity contribution in [3.05, 3.63) is 53.3 Å². The molecular formula is C18H23N3O. The molecule has 22 heavy (non-hydrogen) atoms. The summed E-state index contributed by atoms with van der Waals surface area (Å²) in [6.07, 6.45) is 2.04. The zero-order valence-electron chi connectivity index (χ0n) is 13.4. The second-order valence-electron chi connectivity index (χ2n) is 6.48.